The van der Waals surface area contributed by atoms with E-state index in [-0.39, 0.29) is 17.4 Å². The molecule has 194 valence electrons. The molecule has 1 aliphatic carbocycles. The van der Waals surface area contributed by atoms with Crippen molar-refractivity contribution >= 4 is 28.5 Å². The highest BCUT2D eigenvalue weighted by Crippen LogP contribution is 2.31. The molecule has 1 aromatic heterocycles. The Labute approximate surface area is 227 Å². The van der Waals surface area contributed by atoms with Crippen LogP contribution in [0, 0.1) is 0 Å². The lowest BCUT2D eigenvalue weighted by Gasteiger charge is -2.29. The number of hydrogen-bond acceptors (Lipinski definition) is 4. The van der Waals surface area contributed by atoms with Gasteiger partial charge in [0.15, 0.2) is 0 Å². The molecule has 2 heterocycles. The Balaban J connectivity index is 1.17. The number of nitrogens with one attached hydrogen (secondary N) is 1. The van der Waals surface area contributed by atoms with E-state index < -0.39 is 0 Å². The predicted octanol–water partition coefficient (Wildman–Crippen LogP) is 6.91. The fraction of sp³-hybridized carbons (Fsp3) is 0.312. The Morgan fingerprint density at radius 3 is 2.63 bits per heavy atom. The van der Waals surface area contributed by atoms with Gasteiger partial charge < -0.3 is 9.73 Å². The molecule has 6 heteroatoms. The summed E-state index contributed by atoms with van der Waals surface area (Å²) < 4.78 is 5.65. The summed E-state index contributed by atoms with van der Waals surface area (Å²) in [5.41, 5.74) is 5.88. The summed E-state index contributed by atoms with van der Waals surface area (Å²) in [5.74, 6) is -0.111. The zero-order valence-corrected chi connectivity index (χ0v) is 22.1. The summed E-state index contributed by atoms with van der Waals surface area (Å²) in [7, 11) is 0. The van der Waals surface area contributed by atoms with Crippen molar-refractivity contribution in [3.8, 4) is 11.1 Å². The van der Waals surface area contributed by atoms with Gasteiger partial charge in [0.05, 0.1) is 22.0 Å². The Kier molecular flexibility index (Phi) is 7.05. The standard InChI is InChI=1S/C32H31ClN2O3/c33-27-7-5-9-29-30(27)31(36)26(20-38-29)22-11-13-23(14-12-22)32(37)34-28-8-4-6-24-18-21(10-15-25(24)28)19-35-16-2-1-3-17-35/h5,7,9-15,18,20,28H,1-4,6,8,16-17,19H2,(H,34,37)/t28-/m0/s1. The molecular formula is C32H31ClN2O3. The van der Waals surface area contributed by atoms with Gasteiger partial charge in [-0.1, -0.05) is 54.4 Å². The third kappa shape index (κ3) is 5.01. The minimum Gasteiger partial charge on any atom is -0.463 e. The van der Waals surface area contributed by atoms with Crippen molar-refractivity contribution in [2.75, 3.05) is 13.1 Å². The highest BCUT2D eigenvalue weighted by Gasteiger charge is 2.23. The quantitative estimate of drug-likeness (QED) is 0.307. The molecule has 0 bridgehead atoms. The number of likely N-dealkylation sites (tertiary alicyclic amines) is 1. The zero-order chi connectivity index (χ0) is 26.1. The summed E-state index contributed by atoms with van der Waals surface area (Å²) in [6, 6.07) is 19.0. The lowest BCUT2D eigenvalue weighted by molar-refractivity contribution is 0.0932. The third-order valence-corrected chi connectivity index (χ3v) is 8.21. The second kappa shape index (κ2) is 10.8. The Hall–Kier alpha value is -3.41. The molecule has 2 aliphatic rings. The molecule has 0 saturated carbocycles. The Morgan fingerprint density at radius 1 is 1.00 bits per heavy atom. The molecule has 38 heavy (non-hydrogen) atoms. The van der Waals surface area contributed by atoms with Crippen molar-refractivity contribution in [1.29, 1.82) is 0 Å². The first-order chi connectivity index (χ1) is 18.6. The molecule has 1 N–H and O–H groups in total. The van der Waals surface area contributed by atoms with Crippen molar-refractivity contribution < 1.29 is 9.21 Å². The third-order valence-electron chi connectivity index (χ3n) is 7.89. The first kappa shape index (κ1) is 24.9. The van der Waals surface area contributed by atoms with Crippen LogP contribution in [0.4, 0.5) is 0 Å². The van der Waals surface area contributed by atoms with E-state index in [2.05, 4.69) is 28.4 Å². The monoisotopic (exact) mass is 526 g/mol. The van der Waals surface area contributed by atoms with Crippen LogP contribution in [-0.2, 0) is 13.0 Å². The maximum atomic E-state index is 13.2. The van der Waals surface area contributed by atoms with Gasteiger partial charge in [0.2, 0.25) is 5.43 Å². The Bertz CT molecular complexity index is 1540. The minimum absolute atomic E-state index is 0.00429. The first-order valence-corrected chi connectivity index (χ1v) is 13.9. The van der Waals surface area contributed by atoms with Gasteiger partial charge >= 0.3 is 0 Å². The first-order valence-electron chi connectivity index (χ1n) is 13.5. The van der Waals surface area contributed by atoms with E-state index in [0.29, 0.717) is 32.7 Å². The molecule has 1 amide bonds. The fourth-order valence-corrected chi connectivity index (χ4v) is 6.12. The molecule has 1 aliphatic heterocycles. The smallest absolute Gasteiger partial charge is 0.251 e. The number of aryl methyl sites for hydroxylation is 1. The summed E-state index contributed by atoms with van der Waals surface area (Å²) >= 11 is 6.25. The number of amides is 1. The van der Waals surface area contributed by atoms with Gasteiger partial charge in [-0.05, 0) is 91.7 Å². The maximum Gasteiger partial charge on any atom is 0.251 e. The number of piperidine rings is 1. The number of benzene rings is 3. The van der Waals surface area contributed by atoms with Crippen molar-refractivity contribution in [2.45, 2.75) is 51.1 Å². The van der Waals surface area contributed by atoms with Gasteiger partial charge in [-0.3, -0.25) is 14.5 Å². The van der Waals surface area contributed by atoms with Crippen LogP contribution in [0.25, 0.3) is 22.1 Å². The molecule has 1 saturated heterocycles. The molecule has 4 aromatic rings. The molecule has 5 nitrogen and oxygen atoms in total. The SMILES string of the molecule is O=C(N[C@H]1CCCc2cc(CN3CCCCC3)ccc21)c1ccc(-c2coc3cccc(Cl)c3c2=O)cc1. The fourth-order valence-electron chi connectivity index (χ4n) is 5.87. The molecular weight excluding hydrogens is 496 g/mol. The molecule has 1 atom stereocenters. The van der Waals surface area contributed by atoms with Crippen LogP contribution in [0.3, 0.4) is 0 Å². The van der Waals surface area contributed by atoms with E-state index in [0.717, 1.165) is 25.8 Å². The number of hydrogen-bond donors (Lipinski definition) is 1. The van der Waals surface area contributed by atoms with Gasteiger partial charge in [-0.25, -0.2) is 0 Å². The van der Waals surface area contributed by atoms with Crippen LogP contribution < -0.4 is 10.7 Å². The van der Waals surface area contributed by atoms with Crippen LogP contribution in [0.2, 0.25) is 5.02 Å². The zero-order valence-electron chi connectivity index (χ0n) is 21.3. The topological polar surface area (TPSA) is 62.6 Å². The minimum atomic E-state index is -0.187. The van der Waals surface area contributed by atoms with Crippen LogP contribution in [0.5, 0.6) is 0 Å². The van der Waals surface area contributed by atoms with E-state index in [1.807, 2.05) is 0 Å². The molecule has 6 rings (SSSR count). The van der Waals surface area contributed by atoms with Crippen molar-refractivity contribution in [1.82, 2.24) is 10.2 Å². The summed E-state index contributed by atoms with van der Waals surface area (Å²) in [4.78, 5) is 28.8. The largest absolute Gasteiger partial charge is 0.463 e. The molecule has 1 fully saturated rings. The highest BCUT2D eigenvalue weighted by molar-refractivity contribution is 6.35. The average molecular weight is 527 g/mol. The van der Waals surface area contributed by atoms with Crippen LogP contribution >= 0.6 is 11.6 Å². The lowest BCUT2D eigenvalue weighted by atomic mass is 9.86. The molecule has 3 aromatic carbocycles. The maximum absolute atomic E-state index is 13.2. The average Bonchev–Trinajstić information content (AvgIpc) is 2.94. The van der Waals surface area contributed by atoms with Crippen molar-refractivity contribution in [3.63, 3.8) is 0 Å². The number of rotatable bonds is 5. The summed E-state index contributed by atoms with van der Waals surface area (Å²) in [6.45, 7) is 3.39. The van der Waals surface area contributed by atoms with E-state index >= 15 is 0 Å². The van der Waals surface area contributed by atoms with E-state index in [9.17, 15) is 9.59 Å². The van der Waals surface area contributed by atoms with Crippen LogP contribution in [-0.4, -0.2) is 23.9 Å². The molecule has 0 radical (unpaired) electrons. The van der Waals surface area contributed by atoms with Crippen LogP contribution in [0.1, 0.15) is 65.2 Å². The van der Waals surface area contributed by atoms with E-state index in [4.69, 9.17) is 16.0 Å². The molecule has 0 unspecified atom stereocenters. The molecule has 0 spiro atoms. The highest BCUT2D eigenvalue weighted by atomic mass is 35.5. The van der Waals surface area contributed by atoms with E-state index in [1.165, 1.54) is 55.3 Å². The second-order valence-corrected chi connectivity index (χ2v) is 10.9. The number of fused-ring (bicyclic) bond motifs is 2. The number of halogens is 1. The lowest BCUT2D eigenvalue weighted by Crippen LogP contribution is -2.31. The van der Waals surface area contributed by atoms with Gasteiger partial charge in [0.1, 0.15) is 11.8 Å². The normalized spacial score (nSPS) is 17.8. The van der Waals surface area contributed by atoms with Gasteiger partial charge in [-0.15, -0.1) is 0 Å². The van der Waals surface area contributed by atoms with E-state index in [1.54, 1.807) is 42.5 Å². The van der Waals surface area contributed by atoms with Gasteiger partial charge in [0.25, 0.3) is 5.91 Å². The van der Waals surface area contributed by atoms with Crippen LogP contribution in [0.15, 0.2) is 76.1 Å². The van der Waals surface area contributed by atoms with Crippen molar-refractivity contribution in [2.24, 2.45) is 0 Å². The van der Waals surface area contributed by atoms with Gasteiger partial charge in [0, 0.05) is 12.1 Å². The second-order valence-electron chi connectivity index (χ2n) is 10.5. The van der Waals surface area contributed by atoms with Crippen molar-refractivity contribution in [3.05, 3.63) is 104 Å². The summed E-state index contributed by atoms with van der Waals surface area (Å²) in [6.07, 6.45) is 8.44. The number of carbonyl (C=O) groups is 1. The predicted molar refractivity (Wildman–Crippen MR) is 152 cm³/mol. The number of carbonyl (C=O) groups excluding carboxylic acids is 1. The number of nitrogens with zero attached hydrogens (tertiary/aromatic N) is 1. The van der Waals surface area contributed by atoms with Gasteiger partial charge in [-0.2, -0.15) is 0 Å². The summed E-state index contributed by atoms with van der Waals surface area (Å²) in [5, 5.41) is 3.97. The Morgan fingerprint density at radius 2 is 1.82 bits per heavy atom.